The summed E-state index contributed by atoms with van der Waals surface area (Å²) in [5.74, 6) is -0.527. The summed E-state index contributed by atoms with van der Waals surface area (Å²) >= 11 is 0. The average molecular weight is 476 g/mol. The molecule has 25 heavy (non-hydrogen) atoms. The van der Waals surface area contributed by atoms with Crippen LogP contribution in [0.4, 0.5) is 13.2 Å². The third-order valence-corrected chi connectivity index (χ3v) is 2.65. The zero-order valence-electron chi connectivity index (χ0n) is 13.4. The molecule has 0 radical (unpaired) electrons. The Labute approximate surface area is 160 Å². The van der Waals surface area contributed by atoms with Gasteiger partial charge in [-0.25, -0.2) is 4.99 Å². The smallest absolute Gasteiger partial charge is 0.406 e. The van der Waals surface area contributed by atoms with Gasteiger partial charge in [0.15, 0.2) is 5.96 Å². The lowest BCUT2D eigenvalue weighted by Crippen LogP contribution is -2.41. The quantitative estimate of drug-likeness (QED) is 0.228. The van der Waals surface area contributed by atoms with Crippen LogP contribution in [0.25, 0.3) is 0 Å². The molecule has 1 aromatic rings. The van der Waals surface area contributed by atoms with Crippen LogP contribution in [0.2, 0.25) is 0 Å². The number of ether oxygens (including phenoxy) is 2. The lowest BCUT2D eigenvalue weighted by molar-refractivity contribution is -0.274. The topological polar surface area (TPSA) is 98.0 Å². The number of benzene rings is 1. The van der Waals surface area contributed by atoms with Crippen LogP contribution in [-0.2, 0) is 16.1 Å². The maximum atomic E-state index is 12.0. The predicted octanol–water partition coefficient (Wildman–Crippen LogP) is 1.37. The molecule has 0 atom stereocenters. The molecule has 0 unspecified atom stereocenters. The molecule has 1 amide bonds. The monoisotopic (exact) mass is 476 g/mol. The molecular weight excluding hydrogens is 456 g/mol. The van der Waals surface area contributed by atoms with E-state index >= 15 is 0 Å². The third kappa shape index (κ3) is 11.4. The maximum absolute atomic E-state index is 12.0. The van der Waals surface area contributed by atoms with E-state index in [2.05, 4.69) is 20.4 Å². The number of rotatable bonds is 8. The molecule has 0 aliphatic carbocycles. The summed E-state index contributed by atoms with van der Waals surface area (Å²) in [6.07, 6.45) is -4.72. The fourth-order valence-electron chi connectivity index (χ4n) is 1.55. The molecule has 0 saturated heterocycles. The number of halogens is 4. The minimum Gasteiger partial charge on any atom is -0.406 e. The van der Waals surface area contributed by atoms with Crippen LogP contribution >= 0.6 is 24.0 Å². The lowest BCUT2D eigenvalue weighted by Gasteiger charge is -2.09. The summed E-state index contributed by atoms with van der Waals surface area (Å²) in [6, 6.07) is 5.25. The van der Waals surface area contributed by atoms with Crippen molar-refractivity contribution in [2.24, 2.45) is 10.7 Å². The molecule has 142 valence electrons. The van der Waals surface area contributed by atoms with Crippen LogP contribution in [0.3, 0.4) is 0 Å². The van der Waals surface area contributed by atoms with E-state index < -0.39 is 6.36 Å². The van der Waals surface area contributed by atoms with E-state index in [9.17, 15) is 18.0 Å². The molecular formula is C14H20F3IN4O3. The number of nitrogens with two attached hydrogens (primary N) is 1. The van der Waals surface area contributed by atoms with E-state index in [-0.39, 0.29) is 54.7 Å². The summed E-state index contributed by atoms with van der Waals surface area (Å²) in [5, 5.41) is 5.22. The summed E-state index contributed by atoms with van der Waals surface area (Å²) in [5.41, 5.74) is 6.24. The van der Waals surface area contributed by atoms with Gasteiger partial charge in [-0.1, -0.05) is 12.1 Å². The van der Waals surface area contributed by atoms with Crippen molar-refractivity contribution in [1.82, 2.24) is 10.6 Å². The van der Waals surface area contributed by atoms with Gasteiger partial charge in [-0.15, -0.1) is 37.1 Å². The number of aliphatic imine (C=N–C) groups is 1. The van der Waals surface area contributed by atoms with Crippen molar-refractivity contribution in [2.75, 3.05) is 26.8 Å². The SMILES string of the molecule is COCCNC(=O)CNC(N)=NCc1ccc(OC(F)(F)F)cc1.I. The summed E-state index contributed by atoms with van der Waals surface area (Å²) in [6.45, 7) is 0.900. The highest BCUT2D eigenvalue weighted by Crippen LogP contribution is 2.22. The second-order valence-corrected chi connectivity index (χ2v) is 4.59. The number of carbonyl (C=O) groups excluding carboxylic acids is 1. The molecule has 11 heteroatoms. The number of nitrogens with zero attached hydrogens (tertiary/aromatic N) is 1. The summed E-state index contributed by atoms with van der Waals surface area (Å²) in [4.78, 5) is 15.4. The molecule has 0 heterocycles. The largest absolute Gasteiger partial charge is 0.573 e. The minimum atomic E-state index is -4.72. The fraction of sp³-hybridized carbons (Fsp3) is 0.429. The van der Waals surface area contributed by atoms with Crippen molar-refractivity contribution in [3.63, 3.8) is 0 Å². The highest BCUT2D eigenvalue weighted by atomic mass is 127. The first kappa shape index (κ1) is 23.2. The fourth-order valence-corrected chi connectivity index (χ4v) is 1.55. The summed E-state index contributed by atoms with van der Waals surface area (Å²) < 4.78 is 44.7. The van der Waals surface area contributed by atoms with Crippen LogP contribution in [0, 0.1) is 0 Å². The third-order valence-electron chi connectivity index (χ3n) is 2.65. The van der Waals surface area contributed by atoms with Gasteiger partial charge in [-0.2, -0.15) is 0 Å². The first-order chi connectivity index (χ1) is 11.3. The molecule has 4 N–H and O–H groups in total. The maximum Gasteiger partial charge on any atom is 0.573 e. The number of nitrogens with one attached hydrogen (secondary N) is 2. The average Bonchev–Trinajstić information content (AvgIpc) is 2.51. The van der Waals surface area contributed by atoms with Crippen molar-refractivity contribution in [1.29, 1.82) is 0 Å². The Morgan fingerprint density at radius 3 is 2.44 bits per heavy atom. The lowest BCUT2D eigenvalue weighted by atomic mass is 10.2. The Morgan fingerprint density at radius 2 is 1.88 bits per heavy atom. The molecule has 0 saturated carbocycles. The van der Waals surface area contributed by atoms with Crippen molar-refractivity contribution in [3.05, 3.63) is 29.8 Å². The van der Waals surface area contributed by atoms with E-state index in [0.717, 1.165) is 0 Å². The molecule has 0 aliphatic heterocycles. The van der Waals surface area contributed by atoms with E-state index in [0.29, 0.717) is 18.7 Å². The van der Waals surface area contributed by atoms with E-state index in [1.54, 1.807) is 0 Å². The second-order valence-electron chi connectivity index (χ2n) is 4.59. The zero-order chi connectivity index (χ0) is 18.0. The van der Waals surface area contributed by atoms with Gasteiger partial charge in [0.1, 0.15) is 5.75 Å². The van der Waals surface area contributed by atoms with Gasteiger partial charge in [0, 0.05) is 13.7 Å². The molecule has 0 spiro atoms. The number of methoxy groups -OCH3 is 1. The van der Waals surface area contributed by atoms with Crippen LogP contribution < -0.4 is 21.1 Å². The van der Waals surface area contributed by atoms with Crippen LogP contribution in [0.5, 0.6) is 5.75 Å². The Morgan fingerprint density at radius 1 is 1.24 bits per heavy atom. The van der Waals surface area contributed by atoms with Crippen molar-refractivity contribution in [3.8, 4) is 5.75 Å². The number of alkyl halides is 3. The standard InChI is InChI=1S/C14H19F3N4O3.HI/c1-23-7-6-19-12(22)9-21-13(18)20-8-10-2-4-11(5-3-10)24-14(15,16)17;/h2-5H,6-9H2,1H3,(H,19,22)(H3,18,20,21);1H. The van der Waals surface area contributed by atoms with Crippen molar-refractivity contribution in [2.45, 2.75) is 12.9 Å². The Hall–Kier alpha value is -1.76. The molecule has 1 rings (SSSR count). The van der Waals surface area contributed by atoms with E-state index in [1.165, 1.54) is 31.4 Å². The molecule has 7 nitrogen and oxygen atoms in total. The molecule has 0 aliphatic rings. The second kappa shape index (κ2) is 11.7. The van der Waals surface area contributed by atoms with Gasteiger partial charge in [-0.3, -0.25) is 4.79 Å². The normalized spacial score (nSPS) is 11.4. The van der Waals surface area contributed by atoms with E-state index in [1.807, 2.05) is 0 Å². The van der Waals surface area contributed by atoms with Gasteiger partial charge in [0.25, 0.3) is 0 Å². The van der Waals surface area contributed by atoms with Gasteiger partial charge >= 0.3 is 6.36 Å². The van der Waals surface area contributed by atoms with Gasteiger partial charge in [0.05, 0.1) is 19.7 Å². The molecule has 0 aromatic heterocycles. The number of carbonyl (C=O) groups is 1. The first-order valence-electron chi connectivity index (χ1n) is 6.94. The van der Waals surface area contributed by atoms with Crippen LogP contribution in [0.15, 0.2) is 29.3 Å². The summed E-state index contributed by atoms with van der Waals surface area (Å²) in [7, 11) is 1.52. The van der Waals surface area contributed by atoms with Gasteiger partial charge < -0.3 is 25.8 Å². The minimum absolute atomic E-state index is 0. The number of guanidine groups is 1. The van der Waals surface area contributed by atoms with Crippen LogP contribution in [-0.4, -0.2) is 45.0 Å². The van der Waals surface area contributed by atoms with Crippen molar-refractivity contribution < 1.29 is 27.4 Å². The highest BCUT2D eigenvalue weighted by molar-refractivity contribution is 14.0. The number of amides is 1. The molecule has 0 fully saturated rings. The van der Waals surface area contributed by atoms with Crippen molar-refractivity contribution >= 4 is 35.8 Å². The van der Waals surface area contributed by atoms with E-state index in [4.69, 9.17) is 10.5 Å². The number of hydrogen-bond donors (Lipinski definition) is 3. The Bertz CT molecular complexity index is 553. The molecule has 0 bridgehead atoms. The van der Waals surface area contributed by atoms with Gasteiger partial charge in [-0.05, 0) is 17.7 Å². The molecule has 1 aromatic carbocycles. The zero-order valence-corrected chi connectivity index (χ0v) is 15.8. The predicted molar refractivity (Wildman–Crippen MR) is 96.8 cm³/mol. The number of hydrogen-bond acceptors (Lipinski definition) is 4. The Kier molecular flexibility index (Phi) is 10.9. The first-order valence-corrected chi connectivity index (χ1v) is 6.94. The highest BCUT2D eigenvalue weighted by Gasteiger charge is 2.30. The van der Waals surface area contributed by atoms with Crippen LogP contribution in [0.1, 0.15) is 5.56 Å². The Balaban J connectivity index is 0.00000576. The van der Waals surface area contributed by atoms with Gasteiger partial charge in [0.2, 0.25) is 5.91 Å².